The van der Waals surface area contributed by atoms with Gasteiger partial charge in [0.05, 0.1) is 0 Å². The van der Waals surface area contributed by atoms with E-state index in [4.69, 9.17) is 19.8 Å². The zero-order chi connectivity index (χ0) is 27.9. The molecule has 4 rings (SSSR count). The molecule has 0 unspecified atom stereocenters. The van der Waals surface area contributed by atoms with Crippen molar-refractivity contribution in [1.29, 1.82) is 0 Å². The van der Waals surface area contributed by atoms with E-state index in [0.717, 1.165) is 20.5 Å². The van der Waals surface area contributed by atoms with Gasteiger partial charge in [-0.3, -0.25) is 9.59 Å². The summed E-state index contributed by atoms with van der Waals surface area (Å²) in [7, 11) is 0. The summed E-state index contributed by atoms with van der Waals surface area (Å²) in [5.41, 5.74) is 10.3. The maximum absolute atomic E-state index is 9.00. The van der Waals surface area contributed by atoms with Crippen LogP contribution in [-0.2, 0) is 30.7 Å². The standard InChI is InChI=1S/C25H30N4.2C2H4O2.Pt/c1-18-11-20(3)24(21(4)12-18)28-9-7-26(16-28)15-27-8-10-29(17-27)25-22(5)13-19(2)14-23(25)6;2*1-2(3)4;/h7-14,16-17H,15H2,1-6H3;2*1H3,(H,3,4);/q-2;;;+2. The number of hydrogen-bond donors (Lipinski definition) is 2. The zero-order valence-electron chi connectivity index (χ0n) is 23.3. The van der Waals surface area contributed by atoms with E-state index in [0.29, 0.717) is 0 Å². The first kappa shape index (κ1) is 32.8. The smallest absolute Gasteiger partial charge is 0.494 e. The van der Waals surface area contributed by atoms with E-state index in [-0.39, 0.29) is 21.1 Å². The molecule has 0 amide bonds. The van der Waals surface area contributed by atoms with Gasteiger partial charge in [0.25, 0.3) is 11.9 Å². The van der Waals surface area contributed by atoms with Crippen LogP contribution in [0.2, 0.25) is 0 Å². The van der Waals surface area contributed by atoms with Crippen molar-refractivity contribution in [1.82, 2.24) is 9.80 Å². The van der Waals surface area contributed by atoms with E-state index in [1.165, 1.54) is 44.8 Å². The molecule has 0 saturated heterocycles. The summed E-state index contributed by atoms with van der Waals surface area (Å²) in [5, 5.41) is 14.8. The van der Waals surface area contributed by atoms with Crippen LogP contribution >= 0.6 is 0 Å². The number of benzene rings is 2. The molecule has 2 aliphatic heterocycles. The SMILES string of the molecule is CC(=O)O.CC(=O)O.Cc1cc(C)c(N2C=CN(CN3C=CN(c4c(C)cc(C)cc4C)[CH-]3)[CH-]2)c(C)c1.[Pt+2]. The molecular weight excluding hydrogens is 663 g/mol. The number of carbonyl (C=O) groups is 2. The molecule has 2 aromatic rings. The van der Waals surface area contributed by atoms with Gasteiger partial charge in [-0.15, -0.1) is 13.3 Å². The Kier molecular flexibility index (Phi) is 12.6. The fourth-order valence-corrected chi connectivity index (χ4v) is 4.57. The van der Waals surface area contributed by atoms with Crippen molar-refractivity contribution in [2.75, 3.05) is 16.5 Å². The van der Waals surface area contributed by atoms with Gasteiger partial charge >= 0.3 is 21.1 Å². The molecule has 8 nitrogen and oxygen atoms in total. The first-order valence-corrected chi connectivity index (χ1v) is 12.0. The maximum Gasteiger partial charge on any atom is 2.00 e. The summed E-state index contributed by atoms with van der Waals surface area (Å²) in [4.78, 5) is 26.8. The molecule has 38 heavy (non-hydrogen) atoms. The number of aliphatic carboxylic acids is 2. The van der Waals surface area contributed by atoms with Crippen LogP contribution in [0.15, 0.2) is 49.1 Å². The van der Waals surface area contributed by atoms with Crippen LogP contribution in [-0.4, -0.2) is 38.6 Å². The number of nitrogens with zero attached hydrogens (tertiary/aromatic N) is 4. The second kappa shape index (κ2) is 14.6. The van der Waals surface area contributed by atoms with E-state index >= 15 is 0 Å². The zero-order valence-corrected chi connectivity index (χ0v) is 25.6. The predicted molar refractivity (Wildman–Crippen MR) is 148 cm³/mol. The Balaban J connectivity index is 0.000000709. The maximum atomic E-state index is 9.00. The molecular formula is C29H38N4O4Pt. The Morgan fingerprint density at radius 1 is 0.632 bits per heavy atom. The quantitative estimate of drug-likeness (QED) is 0.388. The van der Waals surface area contributed by atoms with Crippen molar-refractivity contribution in [3.63, 3.8) is 0 Å². The summed E-state index contributed by atoms with van der Waals surface area (Å²) in [5.74, 6) is -1.67. The third-order valence-corrected chi connectivity index (χ3v) is 5.50. The van der Waals surface area contributed by atoms with Crippen molar-refractivity contribution < 1.29 is 40.9 Å². The fourth-order valence-electron chi connectivity index (χ4n) is 4.57. The topological polar surface area (TPSA) is 87.6 Å². The number of carboxylic acid groups (broad SMARTS) is 2. The molecule has 9 heteroatoms. The third-order valence-electron chi connectivity index (χ3n) is 5.50. The Morgan fingerprint density at radius 2 is 0.895 bits per heavy atom. The van der Waals surface area contributed by atoms with Crippen LogP contribution < -0.4 is 9.80 Å². The van der Waals surface area contributed by atoms with Crippen molar-refractivity contribution in [2.24, 2.45) is 0 Å². The van der Waals surface area contributed by atoms with Gasteiger partial charge in [-0.1, -0.05) is 35.4 Å². The molecule has 0 aliphatic carbocycles. The summed E-state index contributed by atoms with van der Waals surface area (Å²) in [6.45, 7) is 20.3. The minimum Gasteiger partial charge on any atom is -0.494 e. The van der Waals surface area contributed by atoms with Crippen molar-refractivity contribution in [3.8, 4) is 0 Å². The summed E-state index contributed by atoms with van der Waals surface area (Å²) < 4.78 is 0. The second-order valence-electron chi connectivity index (χ2n) is 9.34. The number of rotatable bonds is 4. The summed E-state index contributed by atoms with van der Waals surface area (Å²) >= 11 is 0. The van der Waals surface area contributed by atoms with E-state index in [1.807, 2.05) is 0 Å². The van der Waals surface area contributed by atoms with Gasteiger partial charge < -0.3 is 29.8 Å². The molecule has 2 aliphatic rings. The molecule has 0 aromatic heterocycles. The molecule has 0 atom stereocenters. The number of hydrogen-bond acceptors (Lipinski definition) is 6. The van der Waals surface area contributed by atoms with Gasteiger partial charge in [0.1, 0.15) is 0 Å². The fraction of sp³-hybridized carbons (Fsp3) is 0.310. The average molecular weight is 702 g/mol. The number of aryl methyl sites for hydroxylation is 6. The Labute approximate surface area is 241 Å². The summed E-state index contributed by atoms with van der Waals surface area (Å²) in [6.07, 6.45) is 8.53. The average Bonchev–Trinajstić information content (AvgIpc) is 3.36. The summed E-state index contributed by atoms with van der Waals surface area (Å²) in [6, 6.07) is 8.98. The molecule has 0 radical (unpaired) electrons. The molecule has 0 saturated carbocycles. The predicted octanol–water partition coefficient (Wildman–Crippen LogP) is 5.80. The monoisotopic (exact) mass is 701 g/mol. The minimum atomic E-state index is -0.833. The van der Waals surface area contributed by atoms with E-state index in [9.17, 15) is 0 Å². The van der Waals surface area contributed by atoms with Crippen LogP contribution in [0, 0.1) is 54.9 Å². The van der Waals surface area contributed by atoms with Gasteiger partial charge in [-0.25, -0.2) is 0 Å². The van der Waals surface area contributed by atoms with Gasteiger partial charge in [0.15, 0.2) is 0 Å². The van der Waals surface area contributed by atoms with Crippen LogP contribution in [0.1, 0.15) is 47.2 Å². The van der Waals surface area contributed by atoms with Crippen molar-refractivity contribution >= 4 is 23.3 Å². The first-order valence-electron chi connectivity index (χ1n) is 12.0. The number of anilines is 2. The van der Waals surface area contributed by atoms with Crippen molar-refractivity contribution in [3.05, 3.63) is 95.8 Å². The van der Waals surface area contributed by atoms with Gasteiger partial charge in [0, 0.05) is 31.9 Å². The normalized spacial score (nSPS) is 13.5. The molecule has 0 spiro atoms. The van der Waals surface area contributed by atoms with Gasteiger partial charge in [0.2, 0.25) is 0 Å². The molecule has 0 bridgehead atoms. The van der Waals surface area contributed by atoms with Crippen LogP contribution in [0.4, 0.5) is 11.4 Å². The first-order chi connectivity index (χ1) is 17.3. The third kappa shape index (κ3) is 9.56. The molecule has 208 valence electrons. The molecule has 2 N–H and O–H groups in total. The van der Waals surface area contributed by atoms with Gasteiger partial charge in [-0.05, 0) is 88.6 Å². The van der Waals surface area contributed by atoms with Gasteiger partial charge in [-0.2, -0.15) is 0 Å². The Hall–Kier alpha value is -3.25. The van der Waals surface area contributed by atoms with Crippen molar-refractivity contribution in [2.45, 2.75) is 55.4 Å². The van der Waals surface area contributed by atoms with Crippen LogP contribution in [0.3, 0.4) is 0 Å². The largest absolute Gasteiger partial charge is 2.00 e. The van der Waals surface area contributed by atoms with E-state index < -0.39 is 11.9 Å². The molecule has 0 fully saturated rings. The minimum absolute atomic E-state index is 0. The number of carboxylic acids is 2. The van der Waals surface area contributed by atoms with Crippen LogP contribution in [0.5, 0.6) is 0 Å². The molecule has 2 heterocycles. The van der Waals surface area contributed by atoms with E-state index in [1.54, 1.807) is 0 Å². The van der Waals surface area contributed by atoms with E-state index in [2.05, 4.69) is 124 Å². The molecule has 2 aromatic carbocycles. The van der Waals surface area contributed by atoms with Crippen LogP contribution in [0.25, 0.3) is 0 Å². The second-order valence-corrected chi connectivity index (χ2v) is 9.34. The Morgan fingerprint density at radius 3 is 1.16 bits per heavy atom. The Bertz CT molecular complexity index is 1050.